The van der Waals surface area contributed by atoms with Gasteiger partial charge >= 0.3 is 0 Å². The number of anilines is 1. The number of hydrogen-bond acceptors (Lipinski definition) is 3. The molecule has 0 amide bonds. The maximum Gasteiger partial charge on any atom is 0.241 e. The zero-order valence-corrected chi connectivity index (χ0v) is 11.0. The molecular weight excluding hydrogens is 292 g/mol. The van der Waals surface area contributed by atoms with E-state index in [4.69, 9.17) is 5.73 Å². The molecule has 0 saturated heterocycles. The number of rotatable bonds is 3. The first-order valence-electron chi connectivity index (χ1n) is 4.41. The summed E-state index contributed by atoms with van der Waals surface area (Å²) < 4.78 is 26.5. The summed E-state index contributed by atoms with van der Waals surface area (Å²) in [7, 11) is -3.53. The van der Waals surface area contributed by atoms with E-state index >= 15 is 0 Å². The van der Waals surface area contributed by atoms with Gasteiger partial charge in [0.2, 0.25) is 10.0 Å². The Balaban J connectivity index is 2.97. The molecule has 0 aliphatic rings. The molecule has 16 heavy (non-hydrogen) atoms. The molecule has 1 aromatic carbocycles. The number of hydrogen-bond donors (Lipinski definition) is 2. The van der Waals surface area contributed by atoms with Gasteiger partial charge in [-0.1, -0.05) is 5.92 Å². The number of nitrogens with one attached hydrogen (secondary N) is 1. The first-order chi connectivity index (χ1) is 7.47. The Labute approximate surface area is 103 Å². The molecular formula is C10H11BrN2O2S. The molecule has 6 heteroatoms. The molecule has 4 nitrogen and oxygen atoms in total. The minimum Gasteiger partial charge on any atom is -0.398 e. The Bertz CT molecular complexity index is 544. The summed E-state index contributed by atoms with van der Waals surface area (Å²) in [4.78, 5) is 0.131. The topological polar surface area (TPSA) is 72.2 Å². The summed E-state index contributed by atoms with van der Waals surface area (Å²) >= 11 is 3.20. The highest BCUT2D eigenvalue weighted by atomic mass is 79.9. The molecule has 0 heterocycles. The van der Waals surface area contributed by atoms with Crippen LogP contribution in [0.4, 0.5) is 5.69 Å². The highest BCUT2D eigenvalue weighted by molar-refractivity contribution is 9.10. The zero-order valence-electron chi connectivity index (χ0n) is 8.62. The molecule has 0 atom stereocenters. The maximum atomic E-state index is 11.7. The molecule has 1 rings (SSSR count). The Hall–Kier alpha value is -1.03. The molecule has 3 N–H and O–H groups in total. The standard InChI is InChI=1S/C10H11BrN2O2S/c1-2-3-6-13-16(14,15)8-4-5-9(11)10(12)7-8/h4-5,7,13H,6,12H2,1H3. The van der Waals surface area contributed by atoms with Gasteiger partial charge in [0, 0.05) is 10.2 Å². The minimum absolute atomic E-state index is 0.0921. The Morgan fingerprint density at radius 2 is 2.19 bits per heavy atom. The van der Waals surface area contributed by atoms with Crippen LogP contribution >= 0.6 is 15.9 Å². The van der Waals surface area contributed by atoms with E-state index in [1.54, 1.807) is 13.0 Å². The average molecular weight is 303 g/mol. The van der Waals surface area contributed by atoms with E-state index in [1.807, 2.05) is 0 Å². The van der Waals surface area contributed by atoms with Gasteiger partial charge in [0.25, 0.3) is 0 Å². The van der Waals surface area contributed by atoms with Gasteiger partial charge < -0.3 is 5.73 Å². The van der Waals surface area contributed by atoms with Gasteiger partial charge in [-0.15, -0.1) is 5.92 Å². The molecule has 86 valence electrons. The van der Waals surface area contributed by atoms with Crippen molar-refractivity contribution in [3.63, 3.8) is 0 Å². The normalized spacial score (nSPS) is 10.6. The van der Waals surface area contributed by atoms with Crippen LogP contribution in [0.5, 0.6) is 0 Å². The third kappa shape index (κ3) is 3.23. The molecule has 0 radical (unpaired) electrons. The van der Waals surface area contributed by atoms with E-state index in [2.05, 4.69) is 32.5 Å². The van der Waals surface area contributed by atoms with Gasteiger partial charge in [-0.2, -0.15) is 4.72 Å². The zero-order chi connectivity index (χ0) is 12.2. The van der Waals surface area contributed by atoms with E-state index in [9.17, 15) is 8.42 Å². The number of benzene rings is 1. The number of nitrogens with two attached hydrogens (primary N) is 1. The molecule has 0 bridgehead atoms. The summed E-state index contributed by atoms with van der Waals surface area (Å²) in [6.45, 7) is 1.74. The third-order valence-electron chi connectivity index (χ3n) is 1.81. The van der Waals surface area contributed by atoms with Gasteiger partial charge in [0.15, 0.2) is 0 Å². The van der Waals surface area contributed by atoms with E-state index in [0.717, 1.165) is 0 Å². The van der Waals surface area contributed by atoms with E-state index in [0.29, 0.717) is 10.2 Å². The van der Waals surface area contributed by atoms with Gasteiger partial charge in [-0.25, -0.2) is 8.42 Å². The lowest BCUT2D eigenvalue weighted by atomic mass is 10.3. The SMILES string of the molecule is CC#CCNS(=O)(=O)c1ccc(Br)c(N)c1. The van der Waals surface area contributed by atoms with Crippen LogP contribution in [-0.4, -0.2) is 15.0 Å². The maximum absolute atomic E-state index is 11.7. The van der Waals surface area contributed by atoms with Crippen molar-refractivity contribution in [2.45, 2.75) is 11.8 Å². The van der Waals surface area contributed by atoms with E-state index in [-0.39, 0.29) is 11.4 Å². The van der Waals surface area contributed by atoms with Crippen molar-refractivity contribution in [3.05, 3.63) is 22.7 Å². The van der Waals surface area contributed by atoms with Crippen molar-refractivity contribution in [3.8, 4) is 11.8 Å². The third-order valence-corrected chi connectivity index (χ3v) is 3.93. The highest BCUT2D eigenvalue weighted by Gasteiger charge is 2.13. The lowest BCUT2D eigenvalue weighted by Gasteiger charge is -2.05. The summed E-state index contributed by atoms with van der Waals surface area (Å²) in [5.41, 5.74) is 5.98. The lowest BCUT2D eigenvalue weighted by Crippen LogP contribution is -2.24. The first-order valence-corrected chi connectivity index (χ1v) is 6.69. The molecule has 0 aliphatic heterocycles. The monoisotopic (exact) mass is 302 g/mol. The van der Waals surface area contributed by atoms with Crippen LogP contribution in [0.2, 0.25) is 0 Å². The molecule has 1 aromatic rings. The van der Waals surface area contributed by atoms with Crippen molar-refractivity contribution in [1.29, 1.82) is 0 Å². The van der Waals surface area contributed by atoms with Gasteiger partial charge in [-0.3, -0.25) is 0 Å². The fraction of sp³-hybridized carbons (Fsp3) is 0.200. The van der Waals surface area contributed by atoms with Crippen LogP contribution in [-0.2, 0) is 10.0 Å². The molecule has 0 unspecified atom stereocenters. The minimum atomic E-state index is -3.53. The molecule has 0 fully saturated rings. The van der Waals surface area contributed by atoms with Crippen molar-refractivity contribution < 1.29 is 8.42 Å². The predicted molar refractivity (Wildman–Crippen MR) is 67.2 cm³/mol. The van der Waals surface area contributed by atoms with E-state index < -0.39 is 10.0 Å². The molecule has 0 saturated carbocycles. The fourth-order valence-electron chi connectivity index (χ4n) is 0.992. The van der Waals surface area contributed by atoms with Gasteiger partial charge in [0.05, 0.1) is 11.4 Å². The highest BCUT2D eigenvalue weighted by Crippen LogP contribution is 2.22. The summed E-state index contributed by atoms with van der Waals surface area (Å²) in [6.07, 6.45) is 0. The Morgan fingerprint density at radius 1 is 1.50 bits per heavy atom. The van der Waals surface area contributed by atoms with Gasteiger partial charge in [0.1, 0.15) is 0 Å². The number of nitrogen functional groups attached to an aromatic ring is 1. The van der Waals surface area contributed by atoms with Crippen LogP contribution < -0.4 is 10.5 Å². The average Bonchev–Trinajstić information content (AvgIpc) is 2.22. The Morgan fingerprint density at radius 3 is 2.75 bits per heavy atom. The van der Waals surface area contributed by atoms with E-state index in [1.165, 1.54) is 12.1 Å². The second-order valence-electron chi connectivity index (χ2n) is 2.93. The van der Waals surface area contributed by atoms with Crippen LogP contribution in [0, 0.1) is 11.8 Å². The van der Waals surface area contributed by atoms with Crippen molar-refractivity contribution in [1.82, 2.24) is 4.72 Å². The molecule has 0 aliphatic carbocycles. The quantitative estimate of drug-likeness (QED) is 0.653. The molecule has 0 aromatic heterocycles. The fourth-order valence-corrected chi connectivity index (χ4v) is 2.20. The number of halogens is 1. The van der Waals surface area contributed by atoms with Crippen LogP contribution in [0.15, 0.2) is 27.6 Å². The molecule has 0 spiro atoms. The van der Waals surface area contributed by atoms with Crippen LogP contribution in [0.25, 0.3) is 0 Å². The second-order valence-corrected chi connectivity index (χ2v) is 5.56. The van der Waals surface area contributed by atoms with Crippen LogP contribution in [0.3, 0.4) is 0 Å². The number of sulfonamides is 1. The van der Waals surface area contributed by atoms with Crippen molar-refractivity contribution in [2.24, 2.45) is 0 Å². The smallest absolute Gasteiger partial charge is 0.241 e. The van der Waals surface area contributed by atoms with Gasteiger partial charge in [-0.05, 0) is 41.1 Å². The summed E-state index contributed by atoms with van der Waals surface area (Å²) in [6, 6.07) is 4.46. The van der Waals surface area contributed by atoms with Crippen molar-refractivity contribution >= 4 is 31.6 Å². The predicted octanol–water partition coefficient (Wildman–Crippen LogP) is 1.33. The first kappa shape index (κ1) is 13.0. The lowest BCUT2D eigenvalue weighted by molar-refractivity contribution is 0.586. The summed E-state index contributed by atoms with van der Waals surface area (Å²) in [5.74, 6) is 5.22. The van der Waals surface area contributed by atoms with Crippen LogP contribution in [0.1, 0.15) is 6.92 Å². The second kappa shape index (κ2) is 5.34. The van der Waals surface area contributed by atoms with Crippen molar-refractivity contribution in [2.75, 3.05) is 12.3 Å². The largest absolute Gasteiger partial charge is 0.398 e. The Kier molecular flexibility index (Phi) is 4.35. The summed E-state index contributed by atoms with van der Waals surface area (Å²) in [5, 5.41) is 0.